The molecule has 0 aliphatic rings. The summed E-state index contributed by atoms with van der Waals surface area (Å²) in [6, 6.07) is 15.3. The predicted molar refractivity (Wildman–Crippen MR) is 83.0 cm³/mol. The number of hydrogen-bond acceptors (Lipinski definition) is 2. The average Bonchev–Trinajstić information content (AvgIpc) is 2.49. The molecule has 0 aromatic heterocycles. The Morgan fingerprint density at radius 3 is 2.45 bits per heavy atom. The number of halogens is 1. The molecule has 0 spiro atoms. The molecule has 1 N–H and O–H groups in total. The summed E-state index contributed by atoms with van der Waals surface area (Å²) in [4.78, 5) is 2.20. The van der Waals surface area contributed by atoms with Crippen LogP contribution in [0.2, 0.25) is 0 Å². The molecule has 1 unspecified atom stereocenters. The van der Waals surface area contributed by atoms with Gasteiger partial charge in [-0.15, -0.1) is 0 Å². The van der Waals surface area contributed by atoms with Crippen LogP contribution in [0.25, 0.3) is 0 Å². The van der Waals surface area contributed by atoms with Crippen molar-refractivity contribution in [2.75, 3.05) is 18.5 Å². The van der Waals surface area contributed by atoms with Crippen molar-refractivity contribution in [2.24, 2.45) is 0 Å². The van der Waals surface area contributed by atoms with E-state index < -0.39 is 0 Å². The second-order valence-corrected chi connectivity index (χ2v) is 4.79. The van der Waals surface area contributed by atoms with Crippen LogP contribution >= 0.6 is 0 Å². The lowest BCUT2D eigenvalue weighted by molar-refractivity contribution is 0.608. The van der Waals surface area contributed by atoms with Crippen molar-refractivity contribution in [3.8, 4) is 0 Å². The quantitative estimate of drug-likeness (QED) is 0.874. The summed E-state index contributed by atoms with van der Waals surface area (Å²) < 4.78 is 13.6. The van der Waals surface area contributed by atoms with E-state index >= 15 is 0 Å². The molecule has 0 fully saturated rings. The molecule has 0 heterocycles. The third-order valence-corrected chi connectivity index (χ3v) is 3.56. The van der Waals surface area contributed by atoms with Gasteiger partial charge in [-0.3, -0.25) is 0 Å². The van der Waals surface area contributed by atoms with E-state index in [1.54, 1.807) is 6.07 Å². The fourth-order valence-electron chi connectivity index (χ4n) is 2.37. The van der Waals surface area contributed by atoms with Crippen LogP contribution in [-0.2, 0) is 0 Å². The SMILES string of the molecule is CCN(c1ccccc1)c1ccc(F)cc1C(C)NC. The first-order chi connectivity index (χ1) is 9.67. The summed E-state index contributed by atoms with van der Waals surface area (Å²) in [7, 11) is 1.89. The Kier molecular flexibility index (Phi) is 4.74. The highest BCUT2D eigenvalue weighted by Gasteiger charge is 2.16. The summed E-state index contributed by atoms with van der Waals surface area (Å²) in [6.07, 6.45) is 0. The predicted octanol–water partition coefficient (Wildman–Crippen LogP) is 4.26. The molecular weight excluding hydrogens is 251 g/mol. The summed E-state index contributed by atoms with van der Waals surface area (Å²) in [6.45, 7) is 4.97. The molecule has 0 saturated carbocycles. The molecule has 0 bridgehead atoms. The molecule has 20 heavy (non-hydrogen) atoms. The molecule has 0 radical (unpaired) electrons. The molecule has 0 saturated heterocycles. The number of benzene rings is 2. The zero-order valence-corrected chi connectivity index (χ0v) is 12.2. The maximum absolute atomic E-state index is 13.6. The lowest BCUT2D eigenvalue weighted by Gasteiger charge is -2.28. The van der Waals surface area contributed by atoms with Crippen LogP contribution in [0.4, 0.5) is 15.8 Å². The van der Waals surface area contributed by atoms with E-state index in [4.69, 9.17) is 0 Å². The number of nitrogens with one attached hydrogen (secondary N) is 1. The van der Waals surface area contributed by atoms with Crippen molar-refractivity contribution in [1.82, 2.24) is 5.32 Å². The highest BCUT2D eigenvalue weighted by Crippen LogP contribution is 2.32. The Morgan fingerprint density at radius 2 is 1.85 bits per heavy atom. The summed E-state index contributed by atoms with van der Waals surface area (Å²) >= 11 is 0. The minimum Gasteiger partial charge on any atom is -0.341 e. The van der Waals surface area contributed by atoms with Gasteiger partial charge in [-0.2, -0.15) is 0 Å². The zero-order chi connectivity index (χ0) is 14.5. The zero-order valence-electron chi connectivity index (χ0n) is 12.2. The maximum Gasteiger partial charge on any atom is 0.123 e. The Bertz CT molecular complexity index is 554. The largest absolute Gasteiger partial charge is 0.341 e. The fourth-order valence-corrected chi connectivity index (χ4v) is 2.37. The molecule has 2 aromatic rings. The summed E-state index contributed by atoms with van der Waals surface area (Å²) in [5, 5.41) is 3.19. The van der Waals surface area contributed by atoms with Crippen LogP contribution in [-0.4, -0.2) is 13.6 Å². The van der Waals surface area contributed by atoms with E-state index in [-0.39, 0.29) is 11.9 Å². The highest BCUT2D eigenvalue weighted by molar-refractivity contribution is 5.67. The van der Waals surface area contributed by atoms with E-state index in [2.05, 4.69) is 29.3 Å². The average molecular weight is 272 g/mol. The van der Waals surface area contributed by atoms with Crippen LogP contribution in [0.15, 0.2) is 48.5 Å². The lowest BCUT2D eigenvalue weighted by Crippen LogP contribution is -2.21. The van der Waals surface area contributed by atoms with Crippen molar-refractivity contribution in [2.45, 2.75) is 19.9 Å². The molecule has 2 nitrogen and oxygen atoms in total. The number of hydrogen-bond donors (Lipinski definition) is 1. The summed E-state index contributed by atoms with van der Waals surface area (Å²) in [5.41, 5.74) is 3.13. The van der Waals surface area contributed by atoms with Crippen molar-refractivity contribution in [1.29, 1.82) is 0 Å². The molecule has 0 aliphatic heterocycles. The summed E-state index contributed by atoms with van der Waals surface area (Å²) in [5.74, 6) is -0.199. The van der Waals surface area contributed by atoms with Gasteiger partial charge in [-0.1, -0.05) is 18.2 Å². The first-order valence-electron chi connectivity index (χ1n) is 6.96. The second kappa shape index (κ2) is 6.53. The van der Waals surface area contributed by atoms with E-state index in [9.17, 15) is 4.39 Å². The smallest absolute Gasteiger partial charge is 0.123 e. The monoisotopic (exact) mass is 272 g/mol. The van der Waals surface area contributed by atoms with Crippen LogP contribution in [0.3, 0.4) is 0 Å². The van der Waals surface area contributed by atoms with Crippen LogP contribution in [0.1, 0.15) is 25.5 Å². The minimum absolute atomic E-state index is 0.0958. The van der Waals surface area contributed by atoms with Crippen molar-refractivity contribution >= 4 is 11.4 Å². The highest BCUT2D eigenvalue weighted by atomic mass is 19.1. The van der Waals surface area contributed by atoms with Gasteiger partial charge >= 0.3 is 0 Å². The molecule has 1 atom stereocenters. The van der Waals surface area contributed by atoms with Gasteiger partial charge in [0.15, 0.2) is 0 Å². The third kappa shape index (κ3) is 2.99. The molecule has 0 aliphatic carbocycles. The van der Waals surface area contributed by atoms with E-state index in [0.29, 0.717) is 0 Å². The standard InChI is InChI=1S/C17H21FN2/c1-4-20(15-8-6-5-7-9-15)17-11-10-14(18)12-16(17)13(2)19-3/h5-13,19H,4H2,1-3H3. The van der Waals surface area contributed by atoms with E-state index in [0.717, 1.165) is 23.5 Å². The first-order valence-corrected chi connectivity index (χ1v) is 6.96. The fraction of sp³-hybridized carbons (Fsp3) is 0.294. The lowest BCUT2D eigenvalue weighted by atomic mass is 10.0. The molecule has 2 rings (SSSR count). The van der Waals surface area contributed by atoms with Crippen molar-refractivity contribution in [3.05, 3.63) is 59.9 Å². The second-order valence-electron chi connectivity index (χ2n) is 4.79. The van der Waals surface area contributed by atoms with Crippen molar-refractivity contribution < 1.29 is 4.39 Å². The van der Waals surface area contributed by atoms with Crippen LogP contribution in [0.5, 0.6) is 0 Å². The van der Waals surface area contributed by atoms with Gasteiger partial charge in [0.25, 0.3) is 0 Å². The normalized spacial score (nSPS) is 12.2. The minimum atomic E-state index is -0.199. The van der Waals surface area contributed by atoms with Gasteiger partial charge in [0, 0.05) is 24.0 Å². The van der Waals surface area contributed by atoms with Gasteiger partial charge in [-0.25, -0.2) is 4.39 Å². The van der Waals surface area contributed by atoms with E-state index in [1.807, 2.05) is 38.2 Å². The van der Waals surface area contributed by atoms with Gasteiger partial charge in [-0.05, 0) is 56.8 Å². The molecule has 106 valence electrons. The Hall–Kier alpha value is -1.87. The molecule has 3 heteroatoms. The van der Waals surface area contributed by atoms with Gasteiger partial charge < -0.3 is 10.2 Å². The molecular formula is C17H21FN2. The van der Waals surface area contributed by atoms with Gasteiger partial charge in [0.2, 0.25) is 0 Å². The topological polar surface area (TPSA) is 15.3 Å². The van der Waals surface area contributed by atoms with Crippen LogP contribution < -0.4 is 10.2 Å². The first kappa shape index (κ1) is 14.5. The number of nitrogens with zero attached hydrogens (tertiary/aromatic N) is 1. The number of rotatable bonds is 5. The Balaban J connectivity index is 2.49. The third-order valence-electron chi connectivity index (χ3n) is 3.56. The Labute approximate surface area is 120 Å². The van der Waals surface area contributed by atoms with Gasteiger partial charge in [0.05, 0.1) is 0 Å². The molecule has 0 amide bonds. The van der Waals surface area contributed by atoms with Gasteiger partial charge in [0.1, 0.15) is 5.82 Å². The number of para-hydroxylation sites is 1. The van der Waals surface area contributed by atoms with Crippen LogP contribution in [0, 0.1) is 5.82 Å². The molecule has 2 aromatic carbocycles. The Morgan fingerprint density at radius 1 is 1.15 bits per heavy atom. The van der Waals surface area contributed by atoms with E-state index in [1.165, 1.54) is 6.07 Å². The maximum atomic E-state index is 13.6. The number of anilines is 2. The van der Waals surface area contributed by atoms with Crippen molar-refractivity contribution in [3.63, 3.8) is 0 Å².